The van der Waals surface area contributed by atoms with Gasteiger partial charge in [-0.05, 0) is 66.1 Å². The van der Waals surface area contributed by atoms with Crippen molar-refractivity contribution in [1.29, 1.82) is 5.26 Å². The summed E-state index contributed by atoms with van der Waals surface area (Å²) in [5, 5.41) is 15.3. The lowest BCUT2D eigenvalue weighted by molar-refractivity contribution is -0.118. The minimum Gasteiger partial charge on any atom is -0.482 e. The van der Waals surface area contributed by atoms with Gasteiger partial charge in [0.1, 0.15) is 11.9 Å². The molecule has 3 aromatic rings. The van der Waals surface area contributed by atoms with Gasteiger partial charge in [-0.3, -0.25) is 9.69 Å². The maximum absolute atomic E-state index is 12.4. The zero-order valence-electron chi connectivity index (χ0n) is 19.0. The summed E-state index contributed by atoms with van der Waals surface area (Å²) in [6.07, 6.45) is 0.0546. The quantitative estimate of drug-likeness (QED) is 0.507. The van der Waals surface area contributed by atoms with E-state index in [1.165, 1.54) is 0 Å². The van der Waals surface area contributed by atoms with Crippen LogP contribution in [0.5, 0.6) is 5.75 Å². The summed E-state index contributed by atoms with van der Waals surface area (Å²) >= 11 is 0. The monoisotopic (exact) mass is 468 g/mol. The molecule has 2 aliphatic rings. The number of carbonyl (C=O) groups is 2. The number of hydrogen-bond donors (Lipinski definition) is 2. The largest absolute Gasteiger partial charge is 0.482 e. The van der Waals surface area contributed by atoms with Crippen molar-refractivity contribution >= 4 is 23.4 Å². The van der Waals surface area contributed by atoms with E-state index in [0.29, 0.717) is 48.7 Å². The summed E-state index contributed by atoms with van der Waals surface area (Å²) in [7, 11) is 0. The molecule has 0 aromatic heterocycles. The highest BCUT2D eigenvalue weighted by Crippen LogP contribution is 2.33. The summed E-state index contributed by atoms with van der Waals surface area (Å²) in [6, 6.07) is 23.2. The molecule has 1 atom stereocenters. The van der Waals surface area contributed by atoms with E-state index in [1.807, 2.05) is 30.3 Å². The smallest absolute Gasteiger partial charge is 0.414 e. The molecule has 3 aromatic carbocycles. The number of nitrogens with zero attached hydrogens (tertiary/aromatic N) is 2. The molecule has 1 fully saturated rings. The van der Waals surface area contributed by atoms with Crippen molar-refractivity contribution in [2.75, 3.05) is 29.9 Å². The molecule has 0 radical (unpaired) electrons. The molecule has 1 saturated heterocycles. The Morgan fingerprint density at radius 1 is 1.06 bits per heavy atom. The van der Waals surface area contributed by atoms with Crippen LogP contribution in [0.1, 0.15) is 17.5 Å². The Balaban J connectivity index is 1.14. The molecule has 2 aliphatic heterocycles. The van der Waals surface area contributed by atoms with E-state index in [0.717, 1.165) is 16.7 Å². The van der Waals surface area contributed by atoms with Gasteiger partial charge in [0, 0.05) is 12.2 Å². The fourth-order valence-corrected chi connectivity index (χ4v) is 4.25. The predicted molar refractivity (Wildman–Crippen MR) is 131 cm³/mol. The van der Waals surface area contributed by atoms with Gasteiger partial charge in [0.05, 0.1) is 23.9 Å². The van der Waals surface area contributed by atoms with Crippen LogP contribution in [-0.2, 0) is 16.1 Å². The normalized spacial score (nSPS) is 16.7. The molecule has 0 saturated carbocycles. The summed E-state index contributed by atoms with van der Waals surface area (Å²) in [5.74, 6) is 0.368. The van der Waals surface area contributed by atoms with Crippen LogP contribution in [0.15, 0.2) is 66.7 Å². The van der Waals surface area contributed by atoms with Gasteiger partial charge in [-0.15, -0.1) is 0 Å². The molecule has 0 spiro atoms. The fourth-order valence-electron chi connectivity index (χ4n) is 4.25. The van der Waals surface area contributed by atoms with E-state index in [2.05, 4.69) is 28.8 Å². The molecule has 8 nitrogen and oxygen atoms in total. The number of amides is 2. The van der Waals surface area contributed by atoms with E-state index < -0.39 is 6.09 Å². The molecule has 2 N–H and O–H groups in total. The molecular formula is C27H24N4O4. The fraction of sp³-hybridized carbons (Fsp3) is 0.222. The molecule has 176 valence electrons. The van der Waals surface area contributed by atoms with Crippen LogP contribution < -0.4 is 20.3 Å². The van der Waals surface area contributed by atoms with Crippen molar-refractivity contribution in [3.05, 3.63) is 77.9 Å². The lowest BCUT2D eigenvalue weighted by Crippen LogP contribution is -2.28. The highest BCUT2D eigenvalue weighted by molar-refractivity contribution is 5.97. The van der Waals surface area contributed by atoms with Crippen molar-refractivity contribution < 1.29 is 19.1 Å². The summed E-state index contributed by atoms with van der Waals surface area (Å²) < 4.78 is 10.9. The Morgan fingerprint density at radius 2 is 1.89 bits per heavy atom. The highest BCUT2D eigenvalue weighted by Gasteiger charge is 2.32. The van der Waals surface area contributed by atoms with Crippen molar-refractivity contribution in [3.63, 3.8) is 0 Å². The third-order valence-electron chi connectivity index (χ3n) is 6.01. The Hall–Kier alpha value is -4.35. The second-order valence-corrected chi connectivity index (χ2v) is 8.49. The van der Waals surface area contributed by atoms with Crippen LogP contribution in [-0.4, -0.2) is 37.8 Å². The second kappa shape index (κ2) is 9.87. The first-order chi connectivity index (χ1) is 17.1. The van der Waals surface area contributed by atoms with Gasteiger partial charge < -0.3 is 20.1 Å². The number of nitrogens with one attached hydrogen (secondary N) is 2. The number of ether oxygens (including phenoxy) is 2. The van der Waals surface area contributed by atoms with Gasteiger partial charge >= 0.3 is 6.09 Å². The van der Waals surface area contributed by atoms with Crippen LogP contribution in [0.3, 0.4) is 0 Å². The Kier molecular flexibility index (Phi) is 6.33. The summed E-state index contributed by atoms with van der Waals surface area (Å²) in [4.78, 5) is 25.6. The van der Waals surface area contributed by atoms with Gasteiger partial charge in [-0.1, -0.05) is 30.3 Å². The first kappa shape index (κ1) is 22.4. The lowest BCUT2D eigenvalue weighted by Gasteiger charge is -2.20. The number of cyclic esters (lactones) is 1. The second-order valence-electron chi connectivity index (χ2n) is 8.49. The van der Waals surface area contributed by atoms with E-state index in [9.17, 15) is 9.59 Å². The van der Waals surface area contributed by atoms with Crippen LogP contribution in [0, 0.1) is 11.3 Å². The zero-order valence-corrected chi connectivity index (χ0v) is 19.0. The summed E-state index contributed by atoms with van der Waals surface area (Å²) in [6.45, 7) is 1.80. The standard InChI is InChI=1S/C27H24N4O4/c28-14-18-3-1-5-20(11-18)21-6-2-4-19(12-21)15-29-10-9-23-16-31(27(33)35-23)22-7-8-25-24(13-22)30-26(32)17-34-25/h1-8,11-13,23,29H,9-10,15-17H2,(H,30,32)/t23-/m0/s1. The summed E-state index contributed by atoms with van der Waals surface area (Å²) in [5.41, 5.74) is 5.06. The molecule has 5 rings (SSSR count). The number of anilines is 2. The van der Waals surface area contributed by atoms with Crippen molar-refractivity contribution in [1.82, 2.24) is 5.32 Å². The van der Waals surface area contributed by atoms with Crippen LogP contribution in [0.25, 0.3) is 11.1 Å². The van der Waals surface area contributed by atoms with Crippen molar-refractivity contribution in [2.24, 2.45) is 0 Å². The van der Waals surface area contributed by atoms with Crippen LogP contribution >= 0.6 is 0 Å². The number of carbonyl (C=O) groups excluding carboxylic acids is 2. The molecule has 0 aliphatic carbocycles. The molecule has 0 bridgehead atoms. The van der Waals surface area contributed by atoms with Crippen LogP contribution in [0.2, 0.25) is 0 Å². The lowest BCUT2D eigenvalue weighted by atomic mass is 10.0. The zero-order chi connectivity index (χ0) is 24.2. The maximum atomic E-state index is 12.4. The van der Waals surface area contributed by atoms with E-state index in [-0.39, 0.29) is 18.6 Å². The third-order valence-corrected chi connectivity index (χ3v) is 6.01. The van der Waals surface area contributed by atoms with Gasteiger partial charge in [-0.2, -0.15) is 5.26 Å². The Labute approximate surface area is 203 Å². The third kappa shape index (κ3) is 5.10. The van der Waals surface area contributed by atoms with E-state index in [4.69, 9.17) is 14.7 Å². The molecule has 0 unspecified atom stereocenters. The van der Waals surface area contributed by atoms with Crippen LogP contribution in [0.4, 0.5) is 16.2 Å². The average molecular weight is 469 g/mol. The van der Waals surface area contributed by atoms with E-state index in [1.54, 1.807) is 29.2 Å². The number of benzene rings is 3. The molecule has 2 amide bonds. The number of nitriles is 1. The van der Waals surface area contributed by atoms with Crippen molar-refractivity contribution in [2.45, 2.75) is 19.1 Å². The van der Waals surface area contributed by atoms with Gasteiger partial charge in [0.25, 0.3) is 5.91 Å². The first-order valence-electron chi connectivity index (χ1n) is 11.4. The molecule has 2 heterocycles. The minimum atomic E-state index is -0.398. The molecular weight excluding hydrogens is 444 g/mol. The van der Waals surface area contributed by atoms with E-state index >= 15 is 0 Å². The average Bonchev–Trinajstić information content (AvgIpc) is 3.26. The van der Waals surface area contributed by atoms with Gasteiger partial charge in [0.2, 0.25) is 0 Å². The molecule has 35 heavy (non-hydrogen) atoms. The Morgan fingerprint density at radius 3 is 2.74 bits per heavy atom. The molecule has 8 heteroatoms. The Bertz CT molecular complexity index is 1320. The SMILES string of the molecule is N#Cc1cccc(-c2cccc(CNCC[C@H]3CN(c4ccc5c(c4)NC(=O)CO5)C(=O)O3)c2)c1. The number of fused-ring (bicyclic) bond motifs is 1. The van der Waals surface area contributed by atoms with Gasteiger partial charge in [0.15, 0.2) is 6.61 Å². The number of rotatable bonds is 7. The number of hydrogen-bond acceptors (Lipinski definition) is 6. The minimum absolute atomic E-state index is 0.00808. The van der Waals surface area contributed by atoms with Gasteiger partial charge in [-0.25, -0.2) is 4.79 Å². The highest BCUT2D eigenvalue weighted by atomic mass is 16.6. The maximum Gasteiger partial charge on any atom is 0.414 e. The topological polar surface area (TPSA) is 104 Å². The predicted octanol–water partition coefficient (Wildman–Crippen LogP) is 4.06. The van der Waals surface area contributed by atoms with Crippen molar-refractivity contribution in [3.8, 4) is 22.9 Å². The first-order valence-corrected chi connectivity index (χ1v) is 11.4.